The first-order valence-corrected chi connectivity index (χ1v) is 36.3. The van der Waals surface area contributed by atoms with Gasteiger partial charge in [0.25, 0.3) is 5.92 Å². The Kier molecular flexibility index (Phi) is 30.7. The molecule has 7 aromatic carbocycles. The van der Waals surface area contributed by atoms with Gasteiger partial charge in [0.05, 0.1) is 34.6 Å². The standard InChI is InChI=1S/C80H44F46O11/c1-6-34-43(83)53(93)63(54(94)44(34)84)128-23-69(103,104)22-70(105,106)74(113,114)136-78(121,122)75(115,116)134-73(111,112)26-130-65-57(97)49(89)41(50(90)58(65)98)42-51(91)61(101)67(62(102)52(42)92)131-32-15-11-28(12-16-32)27(3)29-9-8-10-31(19-29)68(4,5)30-13-17-33(18-14-30)132-66-59(99)47(87)40(48(88)60(66)100)36-20-38(82)39(21-37(36)81)127-24-71(107,108)133-76(117,118)79(123,124)137-80(125,126)77(119,120)135-72(109,110)25-129-64-55(95)45(85)35(7-2)46(86)56(64)96/h6-15,17-21,27,32,34,43H,1-2,16,22-26H2,3-5H3. The smallest absolute Gasteiger partial charge is 0.453 e. The monoisotopic (exact) mass is 2050 g/mol. The number of rotatable bonds is 40. The molecule has 0 saturated heterocycles. The molecule has 57 heteroatoms. The van der Waals surface area contributed by atoms with Crippen LogP contribution in [0.25, 0.3) is 28.3 Å². The molecule has 0 radical (unpaired) electrons. The van der Waals surface area contributed by atoms with Crippen molar-refractivity contribution in [2.45, 2.75) is 130 Å². The van der Waals surface area contributed by atoms with Crippen molar-refractivity contribution < 1.29 is 254 Å². The van der Waals surface area contributed by atoms with Gasteiger partial charge in [-0.15, -0.1) is 6.58 Å². The van der Waals surface area contributed by atoms with Crippen molar-refractivity contribution in [2.75, 3.05) is 26.4 Å². The van der Waals surface area contributed by atoms with Crippen LogP contribution in [0.4, 0.5) is 202 Å². The van der Waals surface area contributed by atoms with Gasteiger partial charge in [-0.2, -0.15) is 136 Å². The third kappa shape index (κ3) is 22.1. The zero-order chi connectivity index (χ0) is 104. The minimum Gasteiger partial charge on any atom is -0.481 e. The molecule has 0 aromatic heterocycles. The van der Waals surface area contributed by atoms with E-state index >= 15 is 61.5 Å². The maximum Gasteiger partial charge on any atom is 0.453 e. The molecule has 4 atom stereocenters. The van der Waals surface area contributed by atoms with E-state index in [0.29, 0.717) is 22.3 Å². The molecule has 0 heterocycles. The lowest BCUT2D eigenvalue weighted by molar-refractivity contribution is -0.557. The summed E-state index contributed by atoms with van der Waals surface area (Å²) in [5.41, 5.74) is -10.9. The number of hydrogen-bond acceptors (Lipinski definition) is 11. The van der Waals surface area contributed by atoms with Crippen molar-refractivity contribution in [3.8, 4) is 56.8 Å². The molecule has 0 amide bonds. The van der Waals surface area contributed by atoms with E-state index in [4.69, 9.17) is 9.47 Å². The fourth-order valence-electron chi connectivity index (χ4n) is 12.0. The lowest BCUT2D eigenvalue weighted by atomic mass is 9.76. The molecule has 11 nitrogen and oxygen atoms in total. The number of halogens is 46. The molecule has 4 unspecified atom stereocenters. The van der Waals surface area contributed by atoms with Crippen LogP contribution in [0.2, 0.25) is 0 Å². The highest BCUT2D eigenvalue weighted by atomic mass is 19.4. The molecule has 0 bridgehead atoms. The topological polar surface area (TPSA) is 102 Å². The van der Waals surface area contributed by atoms with Crippen LogP contribution in [0.1, 0.15) is 61.8 Å². The lowest BCUT2D eigenvalue weighted by Crippen LogP contribution is -2.58. The molecule has 0 saturated carbocycles. The number of alkyl halides is 25. The number of ether oxygens (including phenoxy) is 11. The Balaban J connectivity index is 0.797. The van der Waals surface area contributed by atoms with Crippen LogP contribution in [-0.4, -0.2) is 112 Å². The van der Waals surface area contributed by atoms with Gasteiger partial charge >= 0.3 is 67.0 Å². The molecule has 7 aromatic rings. The first-order valence-electron chi connectivity index (χ1n) is 36.3. The van der Waals surface area contributed by atoms with Crippen LogP contribution in [-0.2, 0) is 33.8 Å². The first-order chi connectivity index (χ1) is 62.5. The Morgan fingerprint density at radius 2 is 0.818 bits per heavy atom. The number of allylic oxidation sites excluding steroid dienone is 6. The van der Waals surface area contributed by atoms with E-state index in [1.807, 2.05) is 9.47 Å². The van der Waals surface area contributed by atoms with E-state index in [0.717, 1.165) is 18.2 Å². The summed E-state index contributed by atoms with van der Waals surface area (Å²) in [4.78, 5) is 0. The molecule has 0 aliphatic heterocycles. The van der Waals surface area contributed by atoms with Gasteiger partial charge in [0.15, 0.2) is 125 Å². The highest BCUT2D eigenvalue weighted by molar-refractivity contribution is 5.70. The zero-order valence-corrected chi connectivity index (χ0v) is 66.5. The Morgan fingerprint density at radius 3 is 1.25 bits per heavy atom. The third-order valence-electron chi connectivity index (χ3n) is 19.0. The average Bonchev–Trinajstić information content (AvgIpc) is 0.732. The van der Waals surface area contributed by atoms with Crippen LogP contribution >= 0.6 is 0 Å². The predicted octanol–water partition coefficient (Wildman–Crippen LogP) is 27.7. The van der Waals surface area contributed by atoms with Crippen LogP contribution in [0.15, 0.2) is 127 Å². The number of benzene rings is 7. The third-order valence-corrected chi connectivity index (χ3v) is 19.0. The summed E-state index contributed by atoms with van der Waals surface area (Å²) in [7, 11) is 0. The number of hydrogen-bond donors (Lipinski definition) is 0. The van der Waals surface area contributed by atoms with Crippen molar-refractivity contribution in [3.05, 3.63) is 254 Å². The summed E-state index contributed by atoms with van der Waals surface area (Å²) < 4.78 is 710. The highest BCUT2D eigenvalue weighted by Crippen LogP contribution is 2.55. The van der Waals surface area contributed by atoms with Gasteiger partial charge in [0.1, 0.15) is 23.5 Å². The minimum absolute atomic E-state index is 0.109. The van der Waals surface area contributed by atoms with Gasteiger partial charge in [-0.05, 0) is 46.5 Å². The summed E-state index contributed by atoms with van der Waals surface area (Å²) in [5, 5.41) is 0. The summed E-state index contributed by atoms with van der Waals surface area (Å²) in [5.74, 6) is -88.0. The molecule has 2 aliphatic rings. The van der Waals surface area contributed by atoms with Gasteiger partial charge in [-0.3, -0.25) is 0 Å². The maximum atomic E-state index is 15.7. The van der Waals surface area contributed by atoms with E-state index in [1.165, 1.54) is 36.4 Å². The summed E-state index contributed by atoms with van der Waals surface area (Å²) in [6, 6.07) is 9.45. The van der Waals surface area contributed by atoms with Crippen LogP contribution < -0.4 is 23.7 Å². The molecule has 2 aliphatic carbocycles. The molecule has 0 N–H and O–H groups in total. The summed E-state index contributed by atoms with van der Waals surface area (Å²) in [6.45, 7) is -2.61. The quantitative estimate of drug-likeness (QED) is 0.0208. The Labute approximate surface area is 731 Å². The van der Waals surface area contributed by atoms with Crippen LogP contribution in [0.5, 0.6) is 34.5 Å². The molecular formula is C80H44F46O11. The zero-order valence-electron chi connectivity index (χ0n) is 66.5. The summed E-state index contributed by atoms with van der Waals surface area (Å²) >= 11 is 0. The second-order valence-electron chi connectivity index (χ2n) is 28.8. The van der Waals surface area contributed by atoms with E-state index in [1.54, 1.807) is 32.9 Å². The maximum absolute atomic E-state index is 15.7. The van der Waals surface area contributed by atoms with E-state index in [9.17, 15) is 140 Å². The van der Waals surface area contributed by atoms with Gasteiger partial charge < -0.3 is 28.4 Å². The SMILES string of the molecule is C=Cc1c(F)c(F)c(OCC(F)(F)OC(F)(F)C(F)(F)OC(F)(F)C(F)(F)OC(F)(F)COc2cc(F)c(-c3c(F)c(F)c(Oc4ccc(C(C)(C)c5cccc(C(C)C6=CCC(Oc7c(F)c(F)c(-c8c(F)c(F)c(OCC(F)(F)OC(F)(F)C(F)(F)OC(F)(F)C(F)(F)CC(F)(F)COC9=C(F)C(F)C(C=C)C(F)=C9F)c(F)c8F)c(F)c7F)C=C6)c5)cc4)c(F)c3F)cc2F)c(F)c1F. The molecule has 0 fully saturated rings. The van der Waals surface area contributed by atoms with E-state index < -0.39 is 344 Å². The Hall–Kier alpha value is -11.6. The molecule has 752 valence electrons. The van der Waals surface area contributed by atoms with Gasteiger partial charge in [-0.1, -0.05) is 88.1 Å². The van der Waals surface area contributed by atoms with Gasteiger partial charge in [0, 0.05) is 29.4 Å². The molecule has 0 spiro atoms. The Bertz CT molecular complexity index is 5810. The minimum atomic E-state index is -7.64. The lowest BCUT2D eigenvalue weighted by Gasteiger charge is -2.34. The largest absolute Gasteiger partial charge is 0.481 e. The van der Waals surface area contributed by atoms with Gasteiger partial charge in [0.2, 0.25) is 52.3 Å². The second-order valence-corrected chi connectivity index (χ2v) is 28.8. The highest BCUT2D eigenvalue weighted by Gasteiger charge is 2.76. The normalized spacial score (nSPS) is 16.4. The van der Waals surface area contributed by atoms with Crippen LogP contribution in [0, 0.1) is 111 Å². The average molecular weight is 2060 g/mol. The molecular weight excluding hydrogens is 2010 g/mol. The predicted molar refractivity (Wildman–Crippen MR) is 367 cm³/mol. The first kappa shape index (κ1) is 109. The van der Waals surface area contributed by atoms with Crippen LogP contribution in [0.3, 0.4) is 0 Å². The van der Waals surface area contributed by atoms with Crippen molar-refractivity contribution in [1.29, 1.82) is 0 Å². The van der Waals surface area contributed by atoms with E-state index in [2.05, 4.69) is 46.3 Å². The summed E-state index contributed by atoms with van der Waals surface area (Å²) in [6.07, 6.45) is -77.0. The second kappa shape index (κ2) is 38.6. The van der Waals surface area contributed by atoms with Crippen molar-refractivity contribution in [2.24, 2.45) is 5.92 Å². The molecule has 9 rings (SSSR count). The van der Waals surface area contributed by atoms with Crippen molar-refractivity contribution in [3.63, 3.8) is 0 Å². The molecule has 137 heavy (non-hydrogen) atoms. The van der Waals surface area contributed by atoms with E-state index in [-0.39, 0.29) is 12.2 Å². The fourth-order valence-corrected chi connectivity index (χ4v) is 12.0. The fraction of sp³-hybridized carbons (Fsp3) is 0.325. The van der Waals surface area contributed by atoms with Crippen molar-refractivity contribution in [1.82, 2.24) is 0 Å². The van der Waals surface area contributed by atoms with Gasteiger partial charge in [-0.25, -0.2) is 89.5 Å². The Morgan fingerprint density at radius 1 is 0.409 bits per heavy atom. The van der Waals surface area contributed by atoms with Crippen molar-refractivity contribution >= 4 is 6.08 Å².